The van der Waals surface area contributed by atoms with Crippen LogP contribution in [0.15, 0.2) is 47.2 Å². The highest BCUT2D eigenvalue weighted by atomic mass is 19.1. The van der Waals surface area contributed by atoms with E-state index in [0.717, 1.165) is 0 Å². The van der Waals surface area contributed by atoms with E-state index in [4.69, 9.17) is 21.1 Å². The van der Waals surface area contributed by atoms with Crippen LogP contribution in [-0.2, 0) is 6.54 Å². The third-order valence-electron chi connectivity index (χ3n) is 2.72. The molecule has 0 aliphatic rings. The molecule has 0 bridgehead atoms. The first-order chi connectivity index (χ1) is 10.1. The number of nitrogens with two attached hydrogens (primary N) is 1. The molecule has 0 radical (unpaired) electrons. The highest BCUT2D eigenvalue weighted by Crippen LogP contribution is 2.12. The molecule has 0 saturated carbocycles. The molecule has 2 aromatic rings. The first-order valence-corrected chi connectivity index (χ1v) is 6.10. The molecule has 108 valence electrons. The molecule has 21 heavy (non-hydrogen) atoms. The van der Waals surface area contributed by atoms with Crippen LogP contribution in [0.25, 0.3) is 5.70 Å². The molecule has 0 amide bonds. The van der Waals surface area contributed by atoms with Crippen LogP contribution < -0.4 is 11.1 Å². The summed E-state index contributed by atoms with van der Waals surface area (Å²) in [5.74, 6) is -0.699. The maximum atomic E-state index is 13.6. The Morgan fingerprint density at radius 2 is 2.10 bits per heavy atom. The van der Waals surface area contributed by atoms with Crippen molar-refractivity contribution in [3.8, 4) is 0 Å². The van der Waals surface area contributed by atoms with Crippen molar-refractivity contribution in [1.82, 2.24) is 10.5 Å². The Hall–Kier alpha value is -2.96. The Morgan fingerprint density at radius 1 is 1.33 bits per heavy atom. The van der Waals surface area contributed by atoms with Gasteiger partial charge in [0, 0.05) is 18.2 Å². The summed E-state index contributed by atoms with van der Waals surface area (Å²) >= 11 is 0. The van der Waals surface area contributed by atoms with Crippen molar-refractivity contribution in [3.05, 3.63) is 59.7 Å². The van der Waals surface area contributed by atoms with E-state index in [9.17, 15) is 4.39 Å². The van der Waals surface area contributed by atoms with Gasteiger partial charge in [0.15, 0.2) is 0 Å². The Kier molecular flexibility index (Phi) is 4.45. The summed E-state index contributed by atoms with van der Waals surface area (Å²) in [6.45, 7) is 0.205. The molecule has 6 nitrogen and oxygen atoms in total. The van der Waals surface area contributed by atoms with Gasteiger partial charge in [-0.2, -0.15) is 0 Å². The van der Waals surface area contributed by atoms with Crippen molar-refractivity contribution in [2.45, 2.75) is 6.54 Å². The van der Waals surface area contributed by atoms with Crippen LogP contribution in [0.4, 0.5) is 4.39 Å². The van der Waals surface area contributed by atoms with Gasteiger partial charge < -0.3 is 15.6 Å². The average Bonchev–Trinajstić information content (AvgIpc) is 2.98. The second kappa shape index (κ2) is 6.47. The predicted octanol–water partition coefficient (Wildman–Crippen LogP) is 1.90. The Morgan fingerprint density at radius 3 is 2.71 bits per heavy atom. The van der Waals surface area contributed by atoms with E-state index in [1.807, 2.05) is 0 Å². The normalized spacial score (nSPS) is 11.2. The summed E-state index contributed by atoms with van der Waals surface area (Å²) in [6, 6.07) is 7.95. The summed E-state index contributed by atoms with van der Waals surface area (Å²) in [5.41, 5.74) is 6.42. The summed E-state index contributed by atoms with van der Waals surface area (Å²) in [5, 5.41) is 21.6. The molecular weight excluding hydrogens is 273 g/mol. The summed E-state index contributed by atoms with van der Waals surface area (Å²) < 4.78 is 18.3. The zero-order chi connectivity index (χ0) is 15.2. The lowest BCUT2D eigenvalue weighted by Crippen LogP contribution is -2.22. The van der Waals surface area contributed by atoms with E-state index in [0.29, 0.717) is 17.0 Å². The van der Waals surface area contributed by atoms with Crippen LogP contribution in [0.2, 0.25) is 0 Å². The van der Waals surface area contributed by atoms with E-state index in [-0.39, 0.29) is 23.9 Å². The number of nitrogens with one attached hydrogen (secondary N) is 3. The number of hydrogen-bond acceptors (Lipinski definition) is 5. The lowest BCUT2D eigenvalue weighted by Gasteiger charge is -2.09. The van der Waals surface area contributed by atoms with Crippen LogP contribution in [-0.4, -0.2) is 16.7 Å². The molecule has 0 saturated heterocycles. The van der Waals surface area contributed by atoms with Gasteiger partial charge in [-0.1, -0.05) is 23.4 Å². The maximum Gasteiger partial charge on any atom is 0.141 e. The maximum absolute atomic E-state index is 13.6. The fourth-order valence-electron chi connectivity index (χ4n) is 1.62. The van der Waals surface area contributed by atoms with E-state index in [2.05, 4.69) is 10.5 Å². The molecule has 1 aromatic heterocycles. The monoisotopic (exact) mass is 287 g/mol. The minimum atomic E-state index is -0.372. The molecule has 1 heterocycles. The molecule has 0 fully saturated rings. The molecule has 0 unspecified atom stereocenters. The van der Waals surface area contributed by atoms with Crippen molar-refractivity contribution < 1.29 is 8.91 Å². The van der Waals surface area contributed by atoms with E-state index in [1.54, 1.807) is 24.3 Å². The molecule has 0 spiro atoms. The molecule has 0 aliphatic heterocycles. The van der Waals surface area contributed by atoms with Gasteiger partial charge in [-0.05, 0) is 12.1 Å². The number of hydrogen-bond donors (Lipinski definition) is 4. The Bertz CT molecular complexity index is 678. The predicted molar refractivity (Wildman–Crippen MR) is 77.4 cm³/mol. The van der Waals surface area contributed by atoms with Crippen LogP contribution in [0.1, 0.15) is 11.3 Å². The van der Waals surface area contributed by atoms with Crippen molar-refractivity contribution >= 4 is 17.2 Å². The highest BCUT2D eigenvalue weighted by molar-refractivity contribution is 6.43. The molecule has 5 N–H and O–H groups in total. The summed E-state index contributed by atoms with van der Waals surface area (Å²) in [4.78, 5) is 0. The van der Waals surface area contributed by atoms with Crippen LogP contribution in [0.5, 0.6) is 0 Å². The minimum absolute atomic E-state index is 0.172. The molecule has 7 heteroatoms. The molecular formula is C14H14FN5O. The Balaban J connectivity index is 2.20. The fourth-order valence-corrected chi connectivity index (χ4v) is 1.62. The lowest BCUT2D eigenvalue weighted by molar-refractivity contribution is 0.417. The molecule has 0 atom stereocenters. The van der Waals surface area contributed by atoms with Crippen molar-refractivity contribution in [1.29, 1.82) is 10.8 Å². The zero-order valence-electron chi connectivity index (χ0n) is 11.1. The number of rotatable bonds is 6. The first-order valence-electron chi connectivity index (χ1n) is 6.10. The van der Waals surface area contributed by atoms with E-state index >= 15 is 0 Å². The molecule has 1 aromatic carbocycles. The summed E-state index contributed by atoms with van der Waals surface area (Å²) in [6.07, 6.45) is 2.73. The van der Waals surface area contributed by atoms with Crippen molar-refractivity contribution in [3.63, 3.8) is 0 Å². The van der Waals surface area contributed by atoms with E-state index in [1.165, 1.54) is 18.4 Å². The van der Waals surface area contributed by atoms with Gasteiger partial charge in [-0.15, -0.1) is 0 Å². The van der Waals surface area contributed by atoms with Gasteiger partial charge in [-0.3, -0.25) is 10.8 Å². The van der Waals surface area contributed by atoms with Crippen LogP contribution in [0.3, 0.4) is 0 Å². The third kappa shape index (κ3) is 3.75. The standard InChI is InChI=1S/C14H14FN5O/c15-10-4-2-1-3-9(10)8-19-13(7-11(16)14(17)18)12-5-6-21-20-12/h1-7,16,19H,8H2,(H3,17,18)/b13-7-,16-11?. The SMILES string of the molecule is N=C(N)C(=N)/C=C(\NCc1ccccc1F)c1ccon1. The average molecular weight is 287 g/mol. The number of aromatic nitrogens is 1. The Labute approximate surface area is 120 Å². The first kappa shape index (κ1) is 14.4. The van der Waals surface area contributed by atoms with Gasteiger partial charge in [0.2, 0.25) is 0 Å². The quantitative estimate of drug-likeness (QED) is 0.480. The molecule has 0 aliphatic carbocycles. The third-order valence-corrected chi connectivity index (χ3v) is 2.72. The van der Waals surface area contributed by atoms with Crippen molar-refractivity contribution in [2.24, 2.45) is 5.73 Å². The number of benzene rings is 1. The van der Waals surface area contributed by atoms with Crippen LogP contribution in [0, 0.1) is 16.6 Å². The number of amidine groups is 1. The van der Waals surface area contributed by atoms with Gasteiger partial charge >= 0.3 is 0 Å². The van der Waals surface area contributed by atoms with Gasteiger partial charge in [0.1, 0.15) is 23.6 Å². The lowest BCUT2D eigenvalue weighted by atomic mass is 10.2. The van der Waals surface area contributed by atoms with Crippen molar-refractivity contribution in [2.75, 3.05) is 0 Å². The zero-order valence-corrected chi connectivity index (χ0v) is 11.1. The van der Waals surface area contributed by atoms with E-state index < -0.39 is 0 Å². The smallest absolute Gasteiger partial charge is 0.141 e. The van der Waals surface area contributed by atoms with Gasteiger partial charge in [0.25, 0.3) is 0 Å². The second-order valence-electron chi connectivity index (χ2n) is 4.22. The highest BCUT2D eigenvalue weighted by Gasteiger charge is 2.09. The van der Waals surface area contributed by atoms with Crippen LogP contribution >= 0.6 is 0 Å². The number of halogens is 1. The topological polar surface area (TPSA) is 112 Å². The fraction of sp³-hybridized carbons (Fsp3) is 0.0714. The second-order valence-corrected chi connectivity index (χ2v) is 4.22. The minimum Gasteiger partial charge on any atom is -0.382 e. The molecule has 2 rings (SSSR count). The number of nitrogens with zero attached hydrogens (tertiary/aromatic N) is 1. The summed E-state index contributed by atoms with van der Waals surface area (Å²) in [7, 11) is 0. The largest absolute Gasteiger partial charge is 0.382 e. The van der Waals surface area contributed by atoms with Gasteiger partial charge in [-0.25, -0.2) is 4.39 Å². The van der Waals surface area contributed by atoms with Gasteiger partial charge in [0.05, 0.1) is 11.4 Å².